The quantitative estimate of drug-likeness (QED) is 0.431. The lowest BCUT2D eigenvalue weighted by Gasteiger charge is -2.06. The Bertz CT molecular complexity index is 1130. The summed E-state index contributed by atoms with van der Waals surface area (Å²) in [5, 5.41) is 8.84. The van der Waals surface area contributed by atoms with Crippen LogP contribution in [0, 0.1) is 0 Å². The van der Waals surface area contributed by atoms with Gasteiger partial charge in [0.15, 0.2) is 5.71 Å². The number of hydrogen-bond donors (Lipinski definition) is 2. The average Bonchev–Trinajstić information content (AvgIpc) is 3.08. The van der Waals surface area contributed by atoms with Crippen molar-refractivity contribution in [3.63, 3.8) is 0 Å². The van der Waals surface area contributed by atoms with Gasteiger partial charge in [0.25, 0.3) is 11.8 Å². The molecule has 3 aromatic rings. The smallest absolute Gasteiger partial charge is 0.276 e. The van der Waals surface area contributed by atoms with E-state index in [-0.39, 0.29) is 17.5 Å². The van der Waals surface area contributed by atoms with Gasteiger partial charge in [-0.2, -0.15) is 5.10 Å². The summed E-state index contributed by atoms with van der Waals surface area (Å²) >= 11 is 0. The third kappa shape index (κ3) is 4.10. The van der Waals surface area contributed by atoms with E-state index in [4.69, 9.17) is 0 Å². The van der Waals surface area contributed by atoms with Crippen LogP contribution in [0.1, 0.15) is 54.1 Å². The lowest BCUT2D eigenvalue weighted by molar-refractivity contribution is -0.110. The summed E-state index contributed by atoms with van der Waals surface area (Å²) in [6, 6.07) is 19.2. The van der Waals surface area contributed by atoms with Crippen LogP contribution in [-0.2, 0) is 11.2 Å². The summed E-state index contributed by atoms with van der Waals surface area (Å²) in [6.07, 6.45) is 5.81. The minimum atomic E-state index is -0.340. The van der Waals surface area contributed by atoms with Crippen LogP contribution in [0.2, 0.25) is 0 Å². The molecule has 2 amide bonds. The Morgan fingerprint density at radius 3 is 2.70 bits per heavy atom. The Morgan fingerprint density at radius 2 is 1.83 bits per heavy atom. The molecule has 3 aromatic carbocycles. The van der Waals surface area contributed by atoms with E-state index < -0.39 is 0 Å². The number of fused-ring (bicyclic) bond motifs is 2. The Labute approximate surface area is 176 Å². The summed E-state index contributed by atoms with van der Waals surface area (Å²) in [7, 11) is 0. The molecule has 0 radical (unpaired) electrons. The molecule has 5 heteroatoms. The molecule has 0 bridgehead atoms. The second-order valence-corrected chi connectivity index (χ2v) is 7.57. The maximum absolute atomic E-state index is 12.7. The molecule has 0 saturated carbocycles. The van der Waals surface area contributed by atoms with Crippen LogP contribution in [0.4, 0.5) is 5.69 Å². The van der Waals surface area contributed by atoms with Crippen molar-refractivity contribution in [1.29, 1.82) is 0 Å². The number of rotatable bonds is 7. The Hall–Kier alpha value is -3.47. The van der Waals surface area contributed by atoms with E-state index in [0.29, 0.717) is 5.56 Å². The SMILES string of the molecule is CCCCCCc1ccc2c(c1)NC(=O)/C2=N\NC(=O)c1cccc2ccccc12. The van der Waals surface area contributed by atoms with Gasteiger partial charge in [-0.3, -0.25) is 9.59 Å². The Kier molecular flexibility index (Phi) is 5.89. The van der Waals surface area contributed by atoms with Crippen LogP contribution in [0.15, 0.2) is 65.8 Å². The number of aryl methyl sites for hydroxylation is 1. The largest absolute Gasteiger partial charge is 0.320 e. The number of benzene rings is 3. The van der Waals surface area contributed by atoms with E-state index in [1.807, 2.05) is 54.6 Å². The number of carbonyl (C=O) groups is 2. The Balaban J connectivity index is 1.51. The molecule has 1 heterocycles. The molecule has 1 aliphatic heterocycles. The number of anilines is 1. The second kappa shape index (κ2) is 8.91. The highest BCUT2D eigenvalue weighted by atomic mass is 16.2. The van der Waals surface area contributed by atoms with E-state index in [1.54, 1.807) is 6.07 Å². The van der Waals surface area contributed by atoms with Gasteiger partial charge in [-0.05, 0) is 41.3 Å². The molecular formula is C25H25N3O2. The van der Waals surface area contributed by atoms with Gasteiger partial charge in [0, 0.05) is 11.1 Å². The highest BCUT2D eigenvalue weighted by Gasteiger charge is 2.26. The summed E-state index contributed by atoms with van der Waals surface area (Å²) in [6.45, 7) is 2.20. The molecule has 5 nitrogen and oxygen atoms in total. The number of nitrogens with zero attached hydrogens (tertiary/aromatic N) is 1. The molecule has 0 fully saturated rings. The zero-order chi connectivity index (χ0) is 20.9. The monoisotopic (exact) mass is 399 g/mol. The molecule has 4 rings (SSSR count). The fraction of sp³-hybridized carbons (Fsp3) is 0.240. The third-order valence-electron chi connectivity index (χ3n) is 5.42. The highest BCUT2D eigenvalue weighted by Crippen LogP contribution is 2.26. The average molecular weight is 399 g/mol. The molecular weight excluding hydrogens is 374 g/mol. The molecule has 0 unspecified atom stereocenters. The Morgan fingerprint density at radius 1 is 1.00 bits per heavy atom. The van der Waals surface area contributed by atoms with Crippen molar-refractivity contribution in [2.45, 2.75) is 39.0 Å². The third-order valence-corrected chi connectivity index (χ3v) is 5.42. The van der Waals surface area contributed by atoms with Gasteiger partial charge in [0.05, 0.1) is 5.69 Å². The number of nitrogens with one attached hydrogen (secondary N) is 2. The molecule has 2 N–H and O–H groups in total. The van der Waals surface area contributed by atoms with Gasteiger partial charge in [-0.25, -0.2) is 5.43 Å². The van der Waals surface area contributed by atoms with E-state index >= 15 is 0 Å². The molecule has 0 atom stereocenters. The van der Waals surface area contributed by atoms with Gasteiger partial charge < -0.3 is 5.32 Å². The van der Waals surface area contributed by atoms with E-state index in [0.717, 1.165) is 34.9 Å². The van der Waals surface area contributed by atoms with Crippen molar-refractivity contribution in [3.05, 3.63) is 77.4 Å². The van der Waals surface area contributed by atoms with Crippen molar-refractivity contribution < 1.29 is 9.59 Å². The fourth-order valence-electron chi connectivity index (χ4n) is 3.82. The normalized spacial score (nSPS) is 14.0. The minimum absolute atomic E-state index is 0.233. The van der Waals surface area contributed by atoms with Gasteiger partial charge in [0.1, 0.15) is 0 Å². The maximum Gasteiger partial charge on any atom is 0.276 e. The first-order chi connectivity index (χ1) is 14.7. The van der Waals surface area contributed by atoms with Gasteiger partial charge in [-0.1, -0.05) is 74.7 Å². The van der Waals surface area contributed by atoms with Gasteiger partial charge in [0.2, 0.25) is 0 Å². The molecule has 0 aliphatic carbocycles. The molecule has 0 saturated heterocycles. The number of carbonyl (C=O) groups excluding carboxylic acids is 2. The van der Waals surface area contributed by atoms with Crippen LogP contribution in [0.25, 0.3) is 10.8 Å². The van der Waals surface area contributed by atoms with Crippen molar-refractivity contribution in [2.75, 3.05) is 5.32 Å². The summed E-state index contributed by atoms with van der Waals surface area (Å²) in [4.78, 5) is 25.1. The number of unbranched alkanes of at least 4 members (excludes halogenated alkanes) is 3. The standard InChI is InChI=1S/C25H25N3O2/c1-2-3-4-5-9-17-14-15-21-22(16-17)26-25(30)23(21)27-28-24(29)20-13-8-11-18-10-6-7-12-19(18)20/h6-8,10-16H,2-5,9H2,1H3,(H,28,29)(H,26,27,30). The van der Waals surface area contributed by atoms with Crippen molar-refractivity contribution in [3.8, 4) is 0 Å². The first kappa shape index (κ1) is 19.8. The number of amides is 2. The zero-order valence-electron chi connectivity index (χ0n) is 17.1. The summed E-state index contributed by atoms with van der Waals surface area (Å²) in [5.41, 5.74) is 5.99. The van der Waals surface area contributed by atoms with Crippen molar-refractivity contribution >= 4 is 34.0 Å². The minimum Gasteiger partial charge on any atom is -0.320 e. The number of hydrogen-bond acceptors (Lipinski definition) is 3. The summed E-state index contributed by atoms with van der Waals surface area (Å²) in [5.74, 6) is -0.639. The van der Waals surface area contributed by atoms with Gasteiger partial charge in [-0.15, -0.1) is 0 Å². The van der Waals surface area contributed by atoms with Crippen LogP contribution >= 0.6 is 0 Å². The highest BCUT2D eigenvalue weighted by molar-refractivity contribution is 6.53. The molecule has 1 aliphatic rings. The van der Waals surface area contributed by atoms with E-state index in [9.17, 15) is 9.59 Å². The maximum atomic E-state index is 12.7. The molecule has 152 valence electrons. The first-order valence-electron chi connectivity index (χ1n) is 10.5. The van der Waals surface area contributed by atoms with Crippen molar-refractivity contribution in [2.24, 2.45) is 5.10 Å². The van der Waals surface area contributed by atoms with Crippen LogP contribution in [-0.4, -0.2) is 17.5 Å². The zero-order valence-corrected chi connectivity index (χ0v) is 17.1. The molecule has 30 heavy (non-hydrogen) atoms. The molecule has 0 spiro atoms. The lowest BCUT2D eigenvalue weighted by Crippen LogP contribution is -2.23. The van der Waals surface area contributed by atoms with E-state index in [2.05, 4.69) is 22.8 Å². The van der Waals surface area contributed by atoms with Crippen LogP contribution < -0.4 is 10.7 Å². The summed E-state index contributed by atoms with van der Waals surface area (Å²) < 4.78 is 0. The first-order valence-corrected chi connectivity index (χ1v) is 10.5. The predicted octanol–water partition coefficient (Wildman–Crippen LogP) is 5.05. The number of hydrazone groups is 1. The van der Waals surface area contributed by atoms with E-state index in [1.165, 1.54) is 24.8 Å². The predicted molar refractivity (Wildman–Crippen MR) is 121 cm³/mol. The van der Waals surface area contributed by atoms with Crippen LogP contribution in [0.5, 0.6) is 0 Å². The van der Waals surface area contributed by atoms with Crippen LogP contribution in [0.3, 0.4) is 0 Å². The topological polar surface area (TPSA) is 70.6 Å². The van der Waals surface area contributed by atoms with Gasteiger partial charge >= 0.3 is 0 Å². The van der Waals surface area contributed by atoms with Crippen molar-refractivity contribution in [1.82, 2.24) is 5.43 Å². The second-order valence-electron chi connectivity index (χ2n) is 7.57. The fourth-order valence-corrected chi connectivity index (χ4v) is 3.82. The lowest BCUT2D eigenvalue weighted by atomic mass is 10.0. The molecule has 0 aromatic heterocycles.